The quantitative estimate of drug-likeness (QED) is 0.708. The van der Waals surface area contributed by atoms with Crippen LogP contribution in [0.3, 0.4) is 0 Å². The van der Waals surface area contributed by atoms with E-state index in [9.17, 15) is 4.79 Å². The van der Waals surface area contributed by atoms with Crippen LogP contribution in [0.25, 0.3) is 0 Å². The number of hydrazone groups is 1. The molecule has 2 aromatic rings. The van der Waals surface area contributed by atoms with Crippen LogP contribution >= 0.6 is 11.6 Å². The number of hydrogen-bond donors (Lipinski definition) is 1. The molecule has 1 aliphatic heterocycles. The minimum Gasteiger partial charge on any atom is -0.493 e. The molecule has 3 rings (SSSR count). The zero-order valence-electron chi connectivity index (χ0n) is 15.9. The number of methoxy groups -OCH3 is 1. The van der Waals surface area contributed by atoms with Crippen molar-refractivity contribution in [3.63, 3.8) is 0 Å². The molecule has 0 saturated heterocycles. The Labute approximate surface area is 169 Å². The number of hydrogen-bond acceptors (Lipinski definition) is 5. The molecule has 0 radical (unpaired) electrons. The zero-order chi connectivity index (χ0) is 20.1. The van der Waals surface area contributed by atoms with E-state index in [0.29, 0.717) is 29.5 Å². The summed E-state index contributed by atoms with van der Waals surface area (Å²) < 4.78 is 11.5. The molecule has 0 fully saturated rings. The number of benzene rings is 2. The number of aliphatic carboxylic acids is 1. The molecule has 7 heteroatoms. The van der Waals surface area contributed by atoms with Gasteiger partial charge in [0.15, 0.2) is 11.5 Å². The summed E-state index contributed by atoms with van der Waals surface area (Å²) >= 11 is 5.98. The van der Waals surface area contributed by atoms with Gasteiger partial charge in [0.25, 0.3) is 0 Å². The van der Waals surface area contributed by atoms with Crippen LogP contribution in [0.1, 0.15) is 25.3 Å². The van der Waals surface area contributed by atoms with Gasteiger partial charge in [0.2, 0.25) is 0 Å². The van der Waals surface area contributed by atoms with E-state index in [4.69, 9.17) is 26.2 Å². The summed E-state index contributed by atoms with van der Waals surface area (Å²) in [7, 11) is 1.58. The lowest BCUT2D eigenvalue weighted by molar-refractivity contribution is -0.136. The molecule has 1 N–H and O–H groups in total. The number of ether oxygens (including phenoxy) is 2. The van der Waals surface area contributed by atoms with Crippen molar-refractivity contribution in [3.8, 4) is 11.5 Å². The monoisotopic (exact) mass is 402 g/mol. The molecule has 0 spiro atoms. The molecule has 0 bridgehead atoms. The Morgan fingerprint density at radius 3 is 2.68 bits per heavy atom. The molecular formula is C21H23ClN2O4. The van der Waals surface area contributed by atoms with Gasteiger partial charge >= 0.3 is 5.97 Å². The van der Waals surface area contributed by atoms with Gasteiger partial charge in [-0.15, -0.1) is 0 Å². The third-order valence-electron chi connectivity index (χ3n) is 4.53. The summed E-state index contributed by atoms with van der Waals surface area (Å²) in [6.45, 7) is 2.44. The fraction of sp³-hybridized carbons (Fsp3) is 0.333. The van der Waals surface area contributed by atoms with Gasteiger partial charge in [0.05, 0.1) is 18.8 Å². The first-order chi connectivity index (χ1) is 13.5. The Hall–Kier alpha value is -2.73. The summed E-state index contributed by atoms with van der Waals surface area (Å²) in [6, 6.07) is 13.2. The second-order valence-electron chi connectivity index (χ2n) is 6.70. The first-order valence-corrected chi connectivity index (χ1v) is 9.44. The van der Waals surface area contributed by atoms with E-state index < -0.39 is 5.97 Å². The summed E-state index contributed by atoms with van der Waals surface area (Å²) in [5.41, 5.74) is 2.90. The first-order valence-electron chi connectivity index (χ1n) is 9.06. The number of carboxylic acids is 1. The Kier molecular flexibility index (Phi) is 6.41. The van der Waals surface area contributed by atoms with Gasteiger partial charge in [0.1, 0.15) is 6.61 Å². The molecular weight excluding hydrogens is 380 g/mol. The van der Waals surface area contributed by atoms with Crippen molar-refractivity contribution in [3.05, 3.63) is 53.1 Å². The van der Waals surface area contributed by atoms with Crippen molar-refractivity contribution in [2.75, 3.05) is 18.7 Å². The van der Waals surface area contributed by atoms with E-state index in [0.717, 1.165) is 23.4 Å². The van der Waals surface area contributed by atoms with Crippen LogP contribution in [0, 0.1) is 0 Å². The summed E-state index contributed by atoms with van der Waals surface area (Å²) in [4.78, 5) is 10.8. The van der Waals surface area contributed by atoms with Gasteiger partial charge in [-0.05, 0) is 55.3 Å². The number of rotatable bonds is 8. The first kappa shape index (κ1) is 20.0. The van der Waals surface area contributed by atoms with Crippen LogP contribution in [-0.2, 0) is 11.2 Å². The number of anilines is 1. The van der Waals surface area contributed by atoms with Crippen molar-refractivity contribution in [2.45, 2.75) is 32.2 Å². The van der Waals surface area contributed by atoms with Gasteiger partial charge in [-0.2, -0.15) is 5.10 Å². The van der Waals surface area contributed by atoms with Crippen molar-refractivity contribution in [1.29, 1.82) is 0 Å². The van der Waals surface area contributed by atoms with Crippen molar-refractivity contribution in [2.24, 2.45) is 5.10 Å². The summed E-state index contributed by atoms with van der Waals surface area (Å²) in [5, 5.41) is 16.1. The third-order valence-corrected chi connectivity index (χ3v) is 4.79. The van der Waals surface area contributed by atoms with E-state index in [1.54, 1.807) is 7.11 Å². The smallest absolute Gasteiger partial charge is 0.303 e. The zero-order valence-corrected chi connectivity index (χ0v) is 16.6. The number of aryl methyl sites for hydroxylation is 1. The predicted octanol–water partition coefficient (Wildman–Crippen LogP) is 4.40. The highest BCUT2D eigenvalue weighted by atomic mass is 35.5. The van der Waals surface area contributed by atoms with Gasteiger partial charge in [0, 0.05) is 23.6 Å². The van der Waals surface area contributed by atoms with Crippen molar-refractivity contribution in [1.82, 2.24) is 0 Å². The SMILES string of the molecule is COc1cc(CCC(=O)O)ccc1OCC1CC(C)=NN1c1ccc(Cl)cc1. The van der Waals surface area contributed by atoms with Crippen molar-refractivity contribution >= 4 is 29.0 Å². The van der Waals surface area contributed by atoms with Crippen LogP contribution in [-0.4, -0.2) is 36.5 Å². The van der Waals surface area contributed by atoms with Crippen molar-refractivity contribution < 1.29 is 19.4 Å². The lowest BCUT2D eigenvalue weighted by atomic mass is 10.1. The van der Waals surface area contributed by atoms with E-state index in [1.807, 2.05) is 54.4 Å². The largest absolute Gasteiger partial charge is 0.493 e. The maximum absolute atomic E-state index is 10.8. The normalized spacial score (nSPS) is 16.0. The Balaban J connectivity index is 1.68. The van der Waals surface area contributed by atoms with Gasteiger partial charge in [-0.25, -0.2) is 0 Å². The summed E-state index contributed by atoms with van der Waals surface area (Å²) in [5.74, 6) is 0.400. The summed E-state index contributed by atoms with van der Waals surface area (Å²) in [6.07, 6.45) is 1.34. The standard InChI is InChI=1S/C21H23ClN2O4/c1-14-11-18(24(23-14)17-7-5-16(22)6-8-17)13-28-19-9-3-15(4-10-21(25)26)12-20(19)27-2/h3,5-9,12,18H,4,10-11,13H2,1-2H3,(H,25,26). The average molecular weight is 403 g/mol. The average Bonchev–Trinajstić information content (AvgIpc) is 3.06. The third kappa shape index (κ3) is 4.95. The number of carboxylic acid groups (broad SMARTS) is 1. The molecule has 2 aromatic carbocycles. The Bertz CT molecular complexity index is 867. The molecule has 148 valence electrons. The highest BCUT2D eigenvalue weighted by molar-refractivity contribution is 6.30. The molecule has 0 aromatic heterocycles. The van der Waals surface area contributed by atoms with Crippen LogP contribution in [0.5, 0.6) is 11.5 Å². The second kappa shape index (κ2) is 8.97. The molecule has 0 amide bonds. The molecule has 1 heterocycles. The van der Waals surface area contributed by atoms with Crippen LogP contribution in [0.4, 0.5) is 5.69 Å². The number of nitrogens with zero attached hydrogens (tertiary/aromatic N) is 2. The number of carbonyl (C=O) groups is 1. The fourth-order valence-corrected chi connectivity index (χ4v) is 3.28. The maximum Gasteiger partial charge on any atom is 0.303 e. The van der Waals surface area contributed by atoms with Crippen LogP contribution in [0.2, 0.25) is 5.02 Å². The topological polar surface area (TPSA) is 71.4 Å². The van der Waals surface area contributed by atoms with Gasteiger partial charge in [-0.3, -0.25) is 9.80 Å². The fourth-order valence-electron chi connectivity index (χ4n) is 3.15. The molecule has 6 nitrogen and oxygen atoms in total. The minimum atomic E-state index is -0.821. The van der Waals surface area contributed by atoms with Crippen LogP contribution in [0.15, 0.2) is 47.6 Å². The van der Waals surface area contributed by atoms with Gasteiger partial charge in [-0.1, -0.05) is 17.7 Å². The highest BCUT2D eigenvalue weighted by Crippen LogP contribution is 2.31. The maximum atomic E-state index is 10.8. The number of halogens is 1. The highest BCUT2D eigenvalue weighted by Gasteiger charge is 2.27. The molecule has 1 aliphatic rings. The van der Waals surface area contributed by atoms with E-state index in [2.05, 4.69) is 5.10 Å². The van der Waals surface area contributed by atoms with Crippen LogP contribution < -0.4 is 14.5 Å². The predicted molar refractivity (Wildman–Crippen MR) is 110 cm³/mol. The molecule has 0 saturated carbocycles. The van der Waals surface area contributed by atoms with E-state index in [-0.39, 0.29) is 12.5 Å². The molecule has 1 atom stereocenters. The van der Waals surface area contributed by atoms with E-state index >= 15 is 0 Å². The molecule has 0 aliphatic carbocycles. The second-order valence-corrected chi connectivity index (χ2v) is 7.14. The lowest BCUT2D eigenvalue weighted by Crippen LogP contribution is -2.32. The van der Waals surface area contributed by atoms with Gasteiger partial charge < -0.3 is 14.6 Å². The van der Waals surface area contributed by atoms with E-state index in [1.165, 1.54) is 0 Å². The molecule has 28 heavy (non-hydrogen) atoms. The lowest BCUT2D eigenvalue weighted by Gasteiger charge is -2.24. The Morgan fingerprint density at radius 1 is 1.25 bits per heavy atom. The minimum absolute atomic E-state index is 0.0672. The Morgan fingerprint density at radius 2 is 2.00 bits per heavy atom. The molecule has 1 unspecified atom stereocenters.